The van der Waals surface area contributed by atoms with Gasteiger partial charge in [0.05, 0.1) is 6.04 Å². The number of hydrogen-bond donors (Lipinski definition) is 2. The zero-order chi connectivity index (χ0) is 20.3. The predicted molar refractivity (Wildman–Crippen MR) is 95.3 cm³/mol. The molecule has 1 amide bonds. The largest absolute Gasteiger partial charge is 0.573 e. The maximum atomic E-state index is 12.5. The summed E-state index contributed by atoms with van der Waals surface area (Å²) in [6.07, 6.45) is -2.78. The highest BCUT2D eigenvalue weighted by Gasteiger charge is 2.31. The number of hydrogen-bond acceptors (Lipinski definition) is 5. The molecule has 0 radical (unpaired) electrons. The van der Waals surface area contributed by atoms with Crippen LogP contribution in [0.2, 0.25) is 0 Å². The first kappa shape index (κ1) is 19.7. The number of nitrogens with zero attached hydrogens (tertiary/aromatic N) is 2. The smallest absolute Gasteiger partial charge is 0.406 e. The number of aromatic amines is 1. The summed E-state index contributed by atoms with van der Waals surface area (Å²) >= 11 is 0. The summed E-state index contributed by atoms with van der Waals surface area (Å²) < 4.78 is 40.5. The normalized spacial score (nSPS) is 15.4. The van der Waals surface area contributed by atoms with E-state index >= 15 is 0 Å². The molecule has 1 aromatic heterocycles. The van der Waals surface area contributed by atoms with Gasteiger partial charge in [-0.25, -0.2) is 4.98 Å². The van der Waals surface area contributed by atoms with Crippen LogP contribution in [0, 0.1) is 0 Å². The number of anilines is 1. The van der Waals surface area contributed by atoms with Crippen molar-refractivity contribution in [1.82, 2.24) is 15.3 Å². The highest BCUT2D eigenvalue weighted by Crippen LogP contribution is 2.24. The molecule has 2 N–H and O–H groups in total. The molecule has 1 aliphatic rings. The van der Waals surface area contributed by atoms with Gasteiger partial charge in [0.2, 0.25) is 5.95 Å². The lowest BCUT2D eigenvalue weighted by atomic mass is 10.1. The third-order valence-corrected chi connectivity index (χ3v) is 4.33. The van der Waals surface area contributed by atoms with Crippen molar-refractivity contribution in [3.05, 3.63) is 51.9 Å². The molecular formula is C18H19F3N4O3. The van der Waals surface area contributed by atoms with Crippen LogP contribution >= 0.6 is 0 Å². The number of carbonyl (C=O) groups is 1. The van der Waals surface area contributed by atoms with Gasteiger partial charge in [-0.2, -0.15) is 0 Å². The molecule has 1 aromatic carbocycles. The van der Waals surface area contributed by atoms with Gasteiger partial charge in [-0.05, 0) is 37.5 Å². The van der Waals surface area contributed by atoms with Gasteiger partial charge in [0.25, 0.3) is 11.5 Å². The molecule has 1 atom stereocenters. The van der Waals surface area contributed by atoms with E-state index in [9.17, 15) is 22.8 Å². The second kappa shape index (κ2) is 7.91. The van der Waals surface area contributed by atoms with Crippen LogP contribution in [-0.2, 0) is 0 Å². The van der Waals surface area contributed by atoms with E-state index in [4.69, 9.17) is 0 Å². The molecule has 2 aromatic rings. The fraction of sp³-hybridized carbons (Fsp3) is 0.389. The van der Waals surface area contributed by atoms with Crippen LogP contribution in [0.4, 0.5) is 19.1 Å². The molecule has 150 valence electrons. The van der Waals surface area contributed by atoms with Crippen molar-refractivity contribution in [3.63, 3.8) is 0 Å². The first-order valence-corrected chi connectivity index (χ1v) is 8.74. The van der Waals surface area contributed by atoms with E-state index in [-0.39, 0.29) is 11.4 Å². The lowest BCUT2D eigenvalue weighted by Crippen LogP contribution is -2.31. The van der Waals surface area contributed by atoms with Crippen molar-refractivity contribution in [2.75, 3.05) is 18.0 Å². The average molecular weight is 396 g/mol. The zero-order valence-corrected chi connectivity index (χ0v) is 15.0. The monoisotopic (exact) mass is 396 g/mol. The molecule has 3 rings (SSSR count). The lowest BCUT2D eigenvalue weighted by Gasteiger charge is -2.17. The summed E-state index contributed by atoms with van der Waals surface area (Å²) in [5.41, 5.74) is 0.130. The van der Waals surface area contributed by atoms with Crippen LogP contribution in [0.3, 0.4) is 0 Å². The Labute approximate surface area is 158 Å². The highest BCUT2D eigenvalue weighted by molar-refractivity contribution is 5.92. The summed E-state index contributed by atoms with van der Waals surface area (Å²) in [5, 5.41) is 2.69. The quantitative estimate of drug-likeness (QED) is 0.812. The molecule has 0 spiro atoms. The molecule has 1 fully saturated rings. The van der Waals surface area contributed by atoms with Crippen LogP contribution in [0.5, 0.6) is 5.75 Å². The third-order valence-electron chi connectivity index (χ3n) is 4.33. The number of rotatable bonds is 5. The Hall–Kier alpha value is -3.04. The van der Waals surface area contributed by atoms with Crippen LogP contribution in [0.15, 0.2) is 35.1 Å². The van der Waals surface area contributed by atoms with Crippen LogP contribution < -0.4 is 20.5 Å². The minimum atomic E-state index is -4.76. The number of nitrogens with one attached hydrogen (secondary N) is 2. The van der Waals surface area contributed by atoms with Gasteiger partial charge in [0, 0.05) is 19.2 Å². The summed E-state index contributed by atoms with van der Waals surface area (Å²) in [6, 6.07) is 5.79. The minimum Gasteiger partial charge on any atom is -0.406 e. The van der Waals surface area contributed by atoms with Gasteiger partial charge in [0.15, 0.2) is 0 Å². The second-order valence-electron chi connectivity index (χ2n) is 6.46. The zero-order valence-electron chi connectivity index (χ0n) is 15.0. The number of carbonyl (C=O) groups excluding carboxylic acids is 1. The Morgan fingerprint density at radius 2 is 1.89 bits per heavy atom. The summed E-state index contributed by atoms with van der Waals surface area (Å²) in [4.78, 5) is 33.1. The van der Waals surface area contributed by atoms with Crippen molar-refractivity contribution in [2.45, 2.75) is 32.2 Å². The number of ether oxygens (including phenoxy) is 1. The number of amides is 1. The van der Waals surface area contributed by atoms with Crippen LogP contribution in [0.1, 0.15) is 41.9 Å². The minimum absolute atomic E-state index is 0.0190. The maximum absolute atomic E-state index is 12.5. The highest BCUT2D eigenvalue weighted by atomic mass is 19.4. The molecule has 28 heavy (non-hydrogen) atoms. The van der Waals surface area contributed by atoms with Crippen molar-refractivity contribution in [1.29, 1.82) is 0 Å². The molecule has 0 aliphatic carbocycles. The van der Waals surface area contributed by atoms with Crippen molar-refractivity contribution < 1.29 is 22.7 Å². The molecule has 2 heterocycles. The maximum Gasteiger partial charge on any atom is 0.573 e. The van der Waals surface area contributed by atoms with Gasteiger partial charge in [-0.3, -0.25) is 14.6 Å². The van der Waals surface area contributed by atoms with Crippen molar-refractivity contribution >= 4 is 11.9 Å². The molecule has 0 unspecified atom stereocenters. The van der Waals surface area contributed by atoms with E-state index in [1.807, 2.05) is 4.90 Å². The van der Waals surface area contributed by atoms with Gasteiger partial charge < -0.3 is 15.0 Å². The second-order valence-corrected chi connectivity index (χ2v) is 6.46. The van der Waals surface area contributed by atoms with E-state index < -0.39 is 23.9 Å². The Bertz CT molecular complexity index is 890. The molecular weight excluding hydrogens is 377 g/mol. The molecule has 1 aliphatic heterocycles. The first-order chi connectivity index (χ1) is 13.2. The van der Waals surface area contributed by atoms with Gasteiger partial charge >= 0.3 is 6.36 Å². The fourth-order valence-electron chi connectivity index (χ4n) is 2.95. The Morgan fingerprint density at radius 1 is 1.25 bits per heavy atom. The predicted octanol–water partition coefficient (Wildman–Crippen LogP) is 2.76. The van der Waals surface area contributed by atoms with Gasteiger partial charge in [0.1, 0.15) is 11.4 Å². The number of alkyl halides is 3. The summed E-state index contributed by atoms with van der Waals surface area (Å²) in [5.74, 6) is -0.535. The van der Waals surface area contributed by atoms with Crippen LogP contribution in [-0.4, -0.2) is 35.3 Å². The molecule has 0 bridgehead atoms. The van der Waals surface area contributed by atoms with Crippen molar-refractivity contribution in [2.24, 2.45) is 0 Å². The Morgan fingerprint density at radius 3 is 2.50 bits per heavy atom. The number of halogens is 3. The Balaban J connectivity index is 1.69. The van der Waals surface area contributed by atoms with E-state index in [1.165, 1.54) is 24.3 Å². The van der Waals surface area contributed by atoms with Gasteiger partial charge in [-0.1, -0.05) is 12.1 Å². The summed E-state index contributed by atoms with van der Waals surface area (Å²) in [6.45, 7) is 3.19. The van der Waals surface area contributed by atoms with Gasteiger partial charge in [-0.15, -0.1) is 13.2 Å². The molecule has 10 heteroatoms. The fourth-order valence-corrected chi connectivity index (χ4v) is 2.95. The molecule has 7 nitrogen and oxygen atoms in total. The lowest BCUT2D eigenvalue weighted by molar-refractivity contribution is -0.274. The molecule has 1 saturated heterocycles. The average Bonchev–Trinajstić information content (AvgIpc) is 3.15. The standard InChI is InChI=1S/C18H19F3N4O3/c1-11(12-4-6-13(7-5-12)28-18(19,20)21)22-16(27)14-10-15(26)24-17(23-14)25-8-2-3-9-25/h4-7,10-11H,2-3,8-9H2,1H3,(H,22,27)(H,23,24,26)/t11-/m1/s1. The van der Waals surface area contributed by atoms with E-state index in [0.717, 1.165) is 32.0 Å². The van der Waals surface area contributed by atoms with Crippen molar-refractivity contribution in [3.8, 4) is 5.75 Å². The van der Waals surface area contributed by atoms with E-state index in [2.05, 4.69) is 20.0 Å². The van der Waals surface area contributed by atoms with E-state index in [1.54, 1.807) is 6.92 Å². The topological polar surface area (TPSA) is 87.3 Å². The van der Waals surface area contributed by atoms with E-state index in [0.29, 0.717) is 11.5 Å². The SMILES string of the molecule is C[C@@H](NC(=O)c1cc(=O)[nH]c(N2CCCC2)n1)c1ccc(OC(F)(F)F)cc1. The van der Waals surface area contributed by atoms with Crippen LogP contribution in [0.25, 0.3) is 0 Å². The Kier molecular flexibility index (Phi) is 5.57. The number of H-pyrrole nitrogens is 1. The third kappa shape index (κ3) is 5.02. The number of benzene rings is 1. The summed E-state index contributed by atoms with van der Waals surface area (Å²) in [7, 11) is 0. The molecule has 0 saturated carbocycles. The number of aromatic nitrogens is 2. The first-order valence-electron chi connectivity index (χ1n) is 8.74.